The fraction of sp³-hybridized carbons (Fsp3) is 0.600. The maximum absolute atomic E-state index is 10.6. The van der Waals surface area contributed by atoms with Crippen LogP contribution in [0.1, 0.15) is 42.9 Å². The van der Waals surface area contributed by atoms with Crippen LogP contribution in [0.5, 0.6) is 0 Å². The number of aryl methyl sites for hydroxylation is 1. The molecule has 112 valence electrons. The number of quaternary nitrogens is 1. The lowest BCUT2D eigenvalue weighted by Gasteiger charge is -2.30. The van der Waals surface area contributed by atoms with Gasteiger partial charge in [-0.3, -0.25) is 0 Å². The Kier molecular flexibility index (Phi) is 5.18. The fourth-order valence-electron chi connectivity index (χ4n) is 3.12. The summed E-state index contributed by atoms with van der Waals surface area (Å²) in [4.78, 5) is 1.42. The quantitative estimate of drug-likeness (QED) is 0.627. The van der Waals surface area contributed by atoms with Gasteiger partial charge in [0.25, 0.3) is 0 Å². The van der Waals surface area contributed by atoms with Crippen LogP contribution in [-0.2, 0) is 16.5 Å². The third-order valence-corrected chi connectivity index (χ3v) is 4.97. The summed E-state index contributed by atoms with van der Waals surface area (Å²) in [5, 5.41) is 0. The van der Waals surface area contributed by atoms with Crippen molar-refractivity contribution in [2.24, 2.45) is 0 Å². The van der Waals surface area contributed by atoms with Gasteiger partial charge in [0.05, 0.1) is 23.7 Å². The second kappa shape index (κ2) is 6.70. The molecule has 0 heterocycles. The number of rotatable bonds is 6. The van der Waals surface area contributed by atoms with E-state index in [0.29, 0.717) is 12.5 Å². The van der Waals surface area contributed by atoms with E-state index in [2.05, 4.69) is 31.3 Å². The van der Waals surface area contributed by atoms with Crippen molar-refractivity contribution in [3.05, 3.63) is 35.4 Å². The first kappa shape index (κ1) is 15.5. The molecule has 1 aliphatic carbocycles. The van der Waals surface area contributed by atoms with E-state index in [1.165, 1.54) is 28.9 Å². The molecule has 5 heteroatoms. The predicted octanol–water partition coefficient (Wildman–Crippen LogP) is 0.904. The lowest BCUT2D eigenvalue weighted by molar-refractivity contribution is -0.913. The highest BCUT2D eigenvalue weighted by Gasteiger charge is 2.26. The minimum atomic E-state index is -4.05. The van der Waals surface area contributed by atoms with Gasteiger partial charge in [0, 0.05) is 17.7 Å². The Morgan fingerprint density at radius 1 is 1.30 bits per heavy atom. The van der Waals surface area contributed by atoms with Crippen LogP contribution in [0, 0.1) is 0 Å². The van der Waals surface area contributed by atoms with Crippen molar-refractivity contribution in [2.45, 2.75) is 38.1 Å². The van der Waals surface area contributed by atoms with Crippen LogP contribution in [0.4, 0.5) is 0 Å². The van der Waals surface area contributed by atoms with Crippen molar-refractivity contribution in [3.63, 3.8) is 0 Å². The highest BCUT2D eigenvalue weighted by Crippen LogP contribution is 2.27. The molecule has 0 spiro atoms. The topological polar surface area (TPSA) is 61.6 Å². The van der Waals surface area contributed by atoms with Gasteiger partial charge in [0.1, 0.15) is 6.04 Å². The summed E-state index contributed by atoms with van der Waals surface area (Å²) in [6.45, 7) is 0.911. The minimum absolute atomic E-state index is 0.235. The van der Waals surface area contributed by atoms with Gasteiger partial charge in [-0.25, -0.2) is 8.42 Å². The Morgan fingerprint density at radius 2 is 2.05 bits per heavy atom. The van der Waals surface area contributed by atoms with E-state index in [1.807, 2.05) is 0 Å². The van der Waals surface area contributed by atoms with Gasteiger partial charge in [-0.05, 0) is 31.2 Å². The second-order valence-corrected chi connectivity index (χ2v) is 7.23. The molecule has 2 rings (SSSR count). The number of hydrogen-bond acceptors (Lipinski definition) is 3. The molecule has 1 N–H and O–H groups in total. The van der Waals surface area contributed by atoms with Gasteiger partial charge in [0.15, 0.2) is 0 Å². The number of benzene rings is 1. The molecule has 1 aromatic rings. The molecule has 4 nitrogen and oxygen atoms in total. The Hall–Kier alpha value is -0.910. The van der Waals surface area contributed by atoms with Crippen molar-refractivity contribution < 1.29 is 17.9 Å². The molecule has 0 fully saturated rings. The molecule has 1 aromatic carbocycles. The smallest absolute Gasteiger partial charge is 0.113 e. The molecular formula is C15H23NO3S. The fourth-order valence-corrected chi connectivity index (χ4v) is 3.68. The molecule has 0 saturated carbocycles. The normalized spacial score (nSPS) is 20.4. The van der Waals surface area contributed by atoms with Gasteiger partial charge < -0.3 is 9.45 Å². The maximum atomic E-state index is 10.6. The second-order valence-electron chi connectivity index (χ2n) is 5.71. The zero-order chi connectivity index (χ0) is 14.6. The van der Waals surface area contributed by atoms with E-state index in [4.69, 9.17) is 0 Å². The number of nitrogens with one attached hydrogen (secondary N) is 1. The highest BCUT2D eigenvalue weighted by atomic mass is 32.2. The standard InChI is InChI=1S/C15H23NO3S/c1-16(11-4-5-12-20(17,18)19)15-10-6-8-13-7-2-3-9-14(13)15/h2-3,7,9,15H,4-6,8,10-12H2,1H3,(H,17,18,19)/t15-/m1/s1. The number of fused-ring (bicyclic) bond motifs is 1. The van der Waals surface area contributed by atoms with Crippen LogP contribution in [0.3, 0.4) is 0 Å². The Morgan fingerprint density at radius 3 is 2.80 bits per heavy atom. The van der Waals surface area contributed by atoms with Gasteiger partial charge >= 0.3 is 0 Å². The molecule has 1 aliphatic rings. The predicted molar refractivity (Wildman–Crippen MR) is 77.7 cm³/mol. The monoisotopic (exact) mass is 297 g/mol. The first-order chi connectivity index (χ1) is 9.47. The lowest BCUT2D eigenvalue weighted by atomic mass is 9.87. The Balaban J connectivity index is 1.89. The summed E-state index contributed by atoms with van der Waals surface area (Å²) in [5.41, 5.74) is 2.89. The largest absolute Gasteiger partial charge is 0.748 e. The summed E-state index contributed by atoms with van der Waals surface area (Å²) < 4.78 is 31.7. The molecule has 0 aliphatic heterocycles. The van der Waals surface area contributed by atoms with Gasteiger partial charge in [0.2, 0.25) is 0 Å². The molecule has 20 heavy (non-hydrogen) atoms. The Labute approximate surface area is 121 Å². The molecule has 0 bridgehead atoms. The van der Waals surface area contributed by atoms with E-state index in [9.17, 15) is 13.0 Å². The third-order valence-electron chi connectivity index (χ3n) is 4.18. The van der Waals surface area contributed by atoms with Crippen LogP contribution in [-0.4, -0.2) is 32.3 Å². The summed E-state index contributed by atoms with van der Waals surface area (Å²) in [6.07, 6.45) is 4.81. The molecular weight excluding hydrogens is 274 g/mol. The van der Waals surface area contributed by atoms with Crippen LogP contribution in [0.15, 0.2) is 24.3 Å². The first-order valence-corrected chi connectivity index (χ1v) is 8.89. The van der Waals surface area contributed by atoms with Gasteiger partial charge in [-0.2, -0.15) is 0 Å². The van der Waals surface area contributed by atoms with Gasteiger partial charge in [-0.1, -0.05) is 24.3 Å². The van der Waals surface area contributed by atoms with Crippen molar-refractivity contribution in [1.82, 2.24) is 0 Å². The molecule has 0 aromatic heterocycles. The van der Waals surface area contributed by atoms with E-state index in [-0.39, 0.29) is 5.75 Å². The zero-order valence-electron chi connectivity index (χ0n) is 12.0. The van der Waals surface area contributed by atoms with Crippen LogP contribution >= 0.6 is 0 Å². The summed E-state index contributed by atoms with van der Waals surface area (Å²) in [7, 11) is -1.89. The van der Waals surface area contributed by atoms with Gasteiger partial charge in [-0.15, -0.1) is 0 Å². The minimum Gasteiger partial charge on any atom is -0.748 e. The van der Waals surface area contributed by atoms with E-state index < -0.39 is 10.1 Å². The lowest BCUT2D eigenvalue weighted by Crippen LogP contribution is -3.09. The zero-order valence-corrected chi connectivity index (χ0v) is 12.8. The first-order valence-electron chi connectivity index (χ1n) is 7.31. The average molecular weight is 297 g/mol. The van der Waals surface area contributed by atoms with E-state index >= 15 is 0 Å². The summed E-state index contributed by atoms with van der Waals surface area (Å²) >= 11 is 0. The van der Waals surface area contributed by atoms with Crippen molar-refractivity contribution in [1.29, 1.82) is 0 Å². The van der Waals surface area contributed by atoms with Crippen molar-refractivity contribution in [2.75, 3.05) is 19.3 Å². The Bertz CT molecular complexity index is 542. The van der Waals surface area contributed by atoms with Crippen LogP contribution in [0.25, 0.3) is 0 Å². The van der Waals surface area contributed by atoms with E-state index in [1.54, 1.807) is 0 Å². The van der Waals surface area contributed by atoms with Crippen molar-refractivity contribution >= 4 is 10.1 Å². The molecule has 0 radical (unpaired) electrons. The molecule has 0 saturated heterocycles. The maximum Gasteiger partial charge on any atom is 0.113 e. The van der Waals surface area contributed by atoms with Crippen molar-refractivity contribution in [3.8, 4) is 0 Å². The molecule has 0 amide bonds. The summed E-state index contributed by atoms with van der Waals surface area (Å²) in [6, 6.07) is 9.11. The molecule has 1 unspecified atom stereocenters. The average Bonchev–Trinajstić information content (AvgIpc) is 2.41. The van der Waals surface area contributed by atoms with E-state index in [0.717, 1.165) is 19.4 Å². The summed E-state index contributed by atoms with van der Waals surface area (Å²) in [5.74, 6) is -0.235. The SMILES string of the molecule is C[NH+](CCCCS(=O)(=O)[O-])[C@@H]1CCCc2ccccc21. The number of unbranched alkanes of at least 4 members (excludes halogenated alkanes) is 1. The third kappa shape index (κ3) is 4.30. The van der Waals surface area contributed by atoms with Crippen LogP contribution < -0.4 is 4.90 Å². The number of hydrogen-bond donors (Lipinski definition) is 1. The highest BCUT2D eigenvalue weighted by molar-refractivity contribution is 7.85. The van der Waals surface area contributed by atoms with Crippen LogP contribution in [0.2, 0.25) is 0 Å². The molecule has 2 atom stereocenters.